The van der Waals surface area contributed by atoms with Crippen LogP contribution < -0.4 is 0 Å². The topological polar surface area (TPSA) is 20.3 Å². The lowest BCUT2D eigenvalue weighted by Gasteiger charge is -2.26. The highest BCUT2D eigenvalue weighted by atomic mass is 35.5. The number of alkyl halides is 1. The maximum Gasteiger partial charge on any atom is 0.223 e. The van der Waals surface area contributed by atoms with Gasteiger partial charge in [0.25, 0.3) is 0 Å². The Morgan fingerprint density at radius 2 is 2.24 bits per heavy atom. The first-order valence-electron chi connectivity index (χ1n) is 6.03. The molecule has 1 aromatic rings. The lowest BCUT2D eigenvalue weighted by Crippen LogP contribution is -2.36. The minimum absolute atomic E-state index is 0.235. The van der Waals surface area contributed by atoms with Crippen LogP contribution in [0.3, 0.4) is 0 Å². The Hall–Kier alpha value is -0.540. The van der Waals surface area contributed by atoms with E-state index in [1.165, 1.54) is 4.88 Å². The summed E-state index contributed by atoms with van der Waals surface area (Å²) in [6, 6.07) is 4.35. The molecule has 0 aliphatic heterocycles. The summed E-state index contributed by atoms with van der Waals surface area (Å²) in [6.07, 6.45) is 2.41. The van der Waals surface area contributed by atoms with Crippen molar-refractivity contribution in [2.24, 2.45) is 0 Å². The number of rotatable bonds is 7. The zero-order valence-electron chi connectivity index (χ0n) is 10.5. The second-order valence-electron chi connectivity index (χ2n) is 4.34. The second kappa shape index (κ2) is 7.72. The van der Waals surface area contributed by atoms with Crippen LogP contribution >= 0.6 is 22.9 Å². The molecule has 0 aliphatic rings. The molecule has 0 N–H and O–H groups in total. The minimum Gasteiger partial charge on any atom is -0.335 e. The van der Waals surface area contributed by atoms with Gasteiger partial charge in [-0.25, -0.2) is 0 Å². The van der Waals surface area contributed by atoms with Gasteiger partial charge in [-0.15, -0.1) is 22.9 Å². The van der Waals surface area contributed by atoms with E-state index in [0.717, 1.165) is 19.4 Å². The number of nitrogens with zero attached hydrogens (tertiary/aromatic N) is 1. The first-order chi connectivity index (χ1) is 8.15. The standard InChI is InChI=1S/C13H20ClNOS/c1-11(2)15(10-12-6-5-9-17-12)13(16)7-3-4-8-14/h5-6,9,11H,3-4,7-8,10H2,1-2H3. The average molecular weight is 274 g/mol. The smallest absolute Gasteiger partial charge is 0.223 e. The number of hydrogen-bond donors (Lipinski definition) is 0. The number of carbonyl (C=O) groups excluding carboxylic acids is 1. The van der Waals surface area contributed by atoms with E-state index in [-0.39, 0.29) is 11.9 Å². The maximum absolute atomic E-state index is 12.1. The fraction of sp³-hybridized carbons (Fsp3) is 0.615. The molecule has 0 aliphatic carbocycles. The zero-order valence-corrected chi connectivity index (χ0v) is 12.1. The van der Waals surface area contributed by atoms with Crippen molar-refractivity contribution in [3.05, 3.63) is 22.4 Å². The van der Waals surface area contributed by atoms with E-state index in [1.807, 2.05) is 16.3 Å². The highest BCUT2D eigenvalue weighted by Gasteiger charge is 2.16. The molecule has 1 heterocycles. The predicted octanol–water partition coefficient (Wildman–Crippen LogP) is 3.89. The van der Waals surface area contributed by atoms with Gasteiger partial charge in [0.05, 0.1) is 6.54 Å². The molecular formula is C13H20ClNOS. The van der Waals surface area contributed by atoms with Crippen LogP contribution in [-0.2, 0) is 11.3 Å². The highest BCUT2D eigenvalue weighted by Crippen LogP contribution is 2.15. The van der Waals surface area contributed by atoms with Crippen molar-refractivity contribution in [3.63, 3.8) is 0 Å². The van der Waals surface area contributed by atoms with Crippen molar-refractivity contribution in [1.29, 1.82) is 0 Å². The SMILES string of the molecule is CC(C)N(Cc1cccs1)C(=O)CCCCCl. The van der Waals surface area contributed by atoms with Crippen molar-refractivity contribution in [3.8, 4) is 0 Å². The van der Waals surface area contributed by atoms with E-state index in [9.17, 15) is 4.79 Å². The molecular weight excluding hydrogens is 254 g/mol. The van der Waals surface area contributed by atoms with Gasteiger partial charge in [-0.1, -0.05) is 6.07 Å². The van der Waals surface area contributed by atoms with Gasteiger partial charge in [0.2, 0.25) is 5.91 Å². The van der Waals surface area contributed by atoms with Crippen molar-refractivity contribution >= 4 is 28.8 Å². The molecule has 0 saturated heterocycles. The van der Waals surface area contributed by atoms with E-state index in [2.05, 4.69) is 19.9 Å². The summed E-state index contributed by atoms with van der Waals surface area (Å²) < 4.78 is 0. The van der Waals surface area contributed by atoms with E-state index in [0.29, 0.717) is 12.3 Å². The van der Waals surface area contributed by atoms with Crippen LogP contribution in [0.5, 0.6) is 0 Å². The molecule has 1 amide bonds. The van der Waals surface area contributed by atoms with Crippen LogP contribution in [-0.4, -0.2) is 22.7 Å². The van der Waals surface area contributed by atoms with Crippen LogP contribution in [0.15, 0.2) is 17.5 Å². The summed E-state index contributed by atoms with van der Waals surface area (Å²) in [6.45, 7) is 4.86. The van der Waals surface area contributed by atoms with Crippen LogP contribution in [0.4, 0.5) is 0 Å². The van der Waals surface area contributed by atoms with Gasteiger partial charge in [0.1, 0.15) is 0 Å². The van der Waals surface area contributed by atoms with Gasteiger partial charge in [-0.3, -0.25) is 4.79 Å². The van der Waals surface area contributed by atoms with Gasteiger partial charge in [0.15, 0.2) is 0 Å². The number of carbonyl (C=O) groups is 1. The Balaban J connectivity index is 2.50. The fourth-order valence-electron chi connectivity index (χ4n) is 1.64. The molecule has 0 spiro atoms. The van der Waals surface area contributed by atoms with Crippen molar-refractivity contribution in [2.45, 2.75) is 45.7 Å². The molecule has 2 nitrogen and oxygen atoms in total. The summed E-state index contributed by atoms with van der Waals surface area (Å²) in [5.74, 6) is 0.874. The lowest BCUT2D eigenvalue weighted by molar-refractivity contribution is -0.133. The number of halogens is 1. The molecule has 4 heteroatoms. The maximum atomic E-state index is 12.1. The third-order valence-corrected chi connectivity index (χ3v) is 3.75. The summed E-state index contributed by atoms with van der Waals surface area (Å²) in [7, 11) is 0. The molecule has 1 aromatic heterocycles. The molecule has 17 heavy (non-hydrogen) atoms. The zero-order chi connectivity index (χ0) is 12.7. The first-order valence-corrected chi connectivity index (χ1v) is 7.44. The summed E-state index contributed by atoms with van der Waals surface area (Å²) in [5, 5.41) is 2.05. The van der Waals surface area contributed by atoms with Crippen molar-refractivity contribution < 1.29 is 4.79 Å². The van der Waals surface area contributed by atoms with Crippen LogP contribution in [0.2, 0.25) is 0 Å². The fourth-order valence-corrected chi connectivity index (χ4v) is 2.54. The Bertz CT molecular complexity index is 324. The van der Waals surface area contributed by atoms with E-state index in [1.54, 1.807) is 11.3 Å². The highest BCUT2D eigenvalue weighted by molar-refractivity contribution is 7.09. The Morgan fingerprint density at radius 3 is 2.76 bits per heavy atom. The molecule has 0 unspecified atom stereocenters. The first kappa shape index (κ1) is 14.5. The number of unbranched alkanes of at least 4 members (excludes halogenated alkanes) is 1. The van der Waals surface area contributed by atoms with Crippen molar-refractivity contribution in [2.75, 3.05) is 5.88 Å². The monoisotopic (exact) mass is 273 g/mol. The average Bonchev–Trinajstić information content (AvgIpc) is 2.78. The van der Waals surface area contributed by atoms with E-state index < -0.39 is 0 Å². The summed E-state index contributed by atoms with van der Waals surface area (Å²) in [5.41, 5.74) is 0. The van der Waals surface area contributed by atoms with Gasteiger partial charge in [-0.2, -0.15) is 0 Å². The largest absolute Gasteiger partial charge is 0.335 e. The van der Waals surface area contributed by atoms with Crippen LogP contribution in [0, 0.1) is 0 Å². The van der Waals surface area contributed by atoms with Gasteiger partial charge in [0, 0.05) is 23.2 Å². The summed E-state index contributed by atoms with van der Waals surface area (Å²) in [4.78, 5) is 15.3. The van der Waals surface area contributed by atoms with Crippen LogP contribution in [0.25, 0.3) is 0 Å². The summed E-state index contributed by atoms with van der Waals surface area (Å²) >= 11 is 7.32. The number of hydrogen-bond acceptors (Lipinski definition) is 2. The Labute approximate surface area is 113 Å². The van der Waals surface area contributed by atoms with E-state index in [4.69, 9.17) is 11.6 Å². The van der Waals surface area contributed by atoms with Gasteiger partial charge in [-0.05, 0) is 38.1 Å². The minimum atomic E-state index is 0.235. The van der Waals surface area contributed by atoms with Crippen molar-refractivity contribution in [1.82, 2.24) is 4.90 Å². The van der Waals surface area contributed by atoms with Gasteiger partial charge < -0.3 is 4.90 Å². The Kier molecular flexibility index (Phi) is 6.60. The molecule has 0 radical (unpaired) electrons. The van der Waals surface area contributed by atoms with E-state index >= 15 is 0 Å². The lowest BCUT2D eigenvalue weighted by atomic mass is 10.2. The molecule has 0 aromatic carbocycles. The Morgan fingerprint density at radius 1 is 1.47 bits per heavy atom. The predicted molar refractivity (Wildman–Crippen MR) is 74.6 cm³/mol. The molecule has 0 atom stereocenters. The van der Waals surface area contributed by atoms with Gasteiger partial charge >= 0.3 is 0 Å². The molecule has 96 valence electrons. The molecule has 0 fully saturated rings. The number of thiophene rings is 1. The van der Waals surface area contributed by atoms with Crippen LogP contribution in [0.1, 0.15) is 38.0 Å². The number of amides is 1. The normalized spacial score (nSPS) is 10.8. The quantitative estimate of drug-likeness (QED) is 0.545. The molecule has 1 rings (SSSR count). The third-order valence-electron chi connectivity index (χ3n) is 2.62. The third kappa shape index (κ3) is 5.09. The molecule has 0 bridgehead atoms. The molecule has 0 saturated carbocycles. The second-order valence-corrected chi connectivity index (χ2v) is 5.75.